The van der Waals surface area contributed by atoms with Gasteiger partial charge in [0.05, 0.1) is 0 Å². The summed E-state index contributed by atoms with van der Waals surface area (Å²) in [4.78, 5) is 7.76. The molecule has 2 rings (SSSR count). The zero-order valence-corrected chi connectivity index (χ0v) is 10.9. The van der Waals surface area contributed by atoms with Crippen molar-refractivity contribution in [2.45, 2.75) is 13.3 Å². The van der Waals surface area contributed by atoms with E-state index >= 15 is 0 Å². The van der Waals surface area contributed by atoms with Crippen molar-refractivity contribution < 1.29 is 17.6 Å². The van der Waals surface area contributed by atoms with Gasteiger partial charge >= 0.3 is 0 Å². The van der Waals surface area contributed by atoms with E-state index in [1.807, 2.05) is 0 Å². The Labute approximate surface area is 116 Å². The minimum atomic E-state index is -1.54. The number of aryl methyl sites for hydroxylation is 1. The lowest BCUT2D eigenvalue weighted by Gasteiger charge is -2.10. The molecule has 0 saturated carbocycles. The van der Waals surface area contributed by atoms with Gasteiger partial charge in [0.1, 0.15) is 22.5 Å². The first-order chi connectivity index (χ1) is 9.42. The summed E-state index contributed by atoms with van der Waals surface area (Å²) in [7, 11) is 0. The number of nitrogens with one attached hydrogen (secondary N) is 1. The Morgan fingerprint density at radius 3 is 2.20 bits per heavy atom. The van der Waals surface area contributed by atoms with Gasteiger partial charge in [-0.1, -0.05) is 18.5 Å². The molecule has 0 saturated heterocycles. The number of hydrogen-bond donors (Lipinski definition) is 1. The van der Waals surface area contributed by atoms with Crippen LogP contribution in [0.15, 0.2) is 12.1 Å². The molecule has 0 aliphatic rings. The highest BCUT2D eigenvalue weighted by Crippen LogP contribution is 2.27. The molecule has 1 N–H and O–H groups in total. The molecule has 0 aliphatic heterocycles. The van der Waals surface area contributed by atoms with Crippen LogP contribution in [0.2, 0.25) is 5.15 Å². The van der Waals surface area contributed by atoms with Crippen LogP contribution < -0.4 is 5.32 Å². The third-order valence-corrected chi connectivity index (χ3v) is 2.62. The van der Waals surface area contributed by atoms with Crippen LogP contribution in [0.3, 0.4) is 0 Å². The predicted octanol–water partition coefficient (Wildman–Crippen LogP) is 3.99. The van der Waals surface area contributed by atoms with Crippen molar-refractivity contribution in [1.82, 2.24) is 9.97 Å². The summed E-state index contributed by atoms with van der Waals surface area (Å²) in [5, 5.41) is 2.21. The van der Waals surface area contributed by atoms with Crippen LogP contribution in [0.1, 0.15) is 12.7 Å². The SMILES string of the molecule is CCc1nc(Cl)cc(Nc2c(F)c(F)cc(F)c2F)n1. The smallest absolute Gasteiger partial charge is 0.185 e. The summed E-state index contributed by atoms with van der Waals surface area (Å²) in [5.74, 6) is -5.86. The zero-order chi connectivity index (χ0) is 14.9. The molecule has 20 heavy (non-hydrogen) atoms. The molecule has 2 aromatic rings. The number of halogens is 5. The molecule has 0 fully saturated rings. The summed E-state index contributed by atoms with van der Waals surface area (Å²) in [6, 6.07) is 1.31. The summed E-state index contributed by atoms with van der Waals surface area (Å²) in [6.07, 6.45) is 0.428. The van der Waals surface area contributed by atoms with E-state index < -0.39 is 29.0 Å². The molecule has 1 heterocycles. The fraction of sp³-hybridized carbons (Fsp3) is 0.167. The first kappa shape index (κ1) is 14.5. The maximum Gasteiger partial charge on any atom is 0.185 e. The molecule has 0 radical (unpaired) electrons. The monoisotopic (exact) mass is 305 g/mol. The Kier molecular flexibility index (Phi) is 4.08. The van der Waals surface area contributed by atoms with Crippen LogP contribution >= 0.6 is 11.6 Å². The fourth-order valence-electron chi connectivity index (χ4n) is 1.50. The maximum absolute atomic E-state index is 13.5. The van der Waals surface area contributed by atoms with Crippen molar-refractivity contribution in [3.8, 4) is 0 Å². The van der Waals surface area contributed by atoms with Crippen LogP contribution in [-0.4, -0.2) is 9.97 Å². The average Bonchev–Trinajstić information content (AvgIpc) is 2.40. The van der Waals surface area contributed by atoms with Crippen molar-refractivity contribution >= 4 is 23.1 Å². The van der Waals surface area contributed by atoms with Gasteiger partial charge in [0.2, 0.25) is 0 Å². The minimum absolute atomic E-state index is 0.0389. The van der Waals surface area contributed by atoms with E-state index in [1.165, 1.54) is 6.07 Å². The van der Waals surface area contributed by atoms with Crippen molar-refractivity contribution in [2.24, 2.45) is 0 Å². The number of benzene rings is 1. The highest BCUT2D eigenvalue weighted by molar-refractivity contribution is 6.29. The summed E-state index contributed by atoms with van der Waals surface area (Å²) < 4.78 is 53.1. The Hall–Kier alpha value is -1.89. The molecule has 0 atom stereocenters. The molecule has 0 amide bonds. The molecule has 0 spiro atoms. The van der Waals surface area contributed by atoms with E-state index in [1.54, 1.807) is 6.92 Å². The molecule has 1 aromatic carbocycles. The quantitative estimate of drug-likeness (QED) is 0.529. The lowest BCUT2D eigenvalue weighted by atomic mass is 10.2. The standard InChI is InChI=1S/C12H8ClF4N3/c1-2-8-18-7(13)4-9(19-8)20-12-10(16)5(14)3-6(15)11(12)17/h3-4H,2H2,1H3,(H,18,19,20). The fourth-order valence-corrected chi connectivity index (χ4v) is 1.70. The van der Waals surface area contributed by atoms with Crippen LogP contribution in [0.25, 0.3) is 0 Å². The Morgan fingerprint density at radius 1 is 1.05 bits per heavy atom. The summed E-state index contributed by atoms with van der Waals surface area (Å²) in [6.45, 7) is 1.75. The minimum Gasteiger partial charge on any atom is -0.335 e. The molecule has 3 nitrogen and oxygen atoms in total. The summed E-state index contributed by atoms with van der Waals surface area (Å²) in [5.41, 5.74) is -0.973. The Balaban J connectivity index is 2.47. The molecule has 1 aromatic heterocycles. The lowest BCUT2D eigenvalue weighted by Crippen LogP contribution is -2.05. The molecular weight excluding hydrogens is 298 g/mol. The van der Waals surface area contributed by atoms with Crippen molar-refractivity contribution in [1.29, 1.82) is 0 Å². The third-order valence-electron chi connectivity index (χ3n) is 2.42. The molecule has 0 bridgehead atoms. The second kappa shape index (κ2) is 5.62. The van der Waals surface area contributed by atoms with Gasteiger partial charge in [0.15, 0.2) is 23.3 Å². The topological polar surface area (TPSA) is 37.8 Å². The first-order valence-electron chi connectivity index (χ1n) is 5.55. The Morgan fingerprint density at radius 2 is 1.65 bits per heavy atom. The number of aromatic nitrogens is 2. The van der Waals surface area contributed by atoms with Crippen molar-refractivity contribution in [3.63, 3.8) is 0 Å². The number of hydrogen-bond acceptors (Lipinski definition) is 3. The van der Waals surface area contributed by atoms with Gasteiger partial charge in [-0.2, -0.15) is 0 Å². The normalized spacial score (nSPS) is 10.7. The highest BCUT2D eigenvalue weighted by Gasteiger charge is 2.19. The van der Waals surface area contributed by atoms with Gasteiger partial charge in [-0.15, -0.1) is 0 Å². The molecule has 0 unspecified atom stereocenters. The lowest BCUT2D eigenvalue weighted by molar-refractivity contribution is 0.459. The second-order valence-electron chi connectivity index (χ2n) is 3.81. The van der Waals surface area contributed by atoms with Crippen LogP contribution in [-0.2, 0) is 6.42 Å². The van der Waals surface area contributed by atoms with E-state index in [2.05, 4.69) is 15.3 Å². The Bertz CT molecular complexity index is 637. The van der Waals surface area contributed by atoms with E-state index in [0.29, 0.717) is 12.2 Å². The van der Waals surface area contributed by atoms with E-state index in [0.717, 1.165) is 0 Å². The average molecular weight is 306 g/mol. The number of rotatable bonds is 3. The van der Waals surface area contributed by atoms with Gasteiger partial charge in [0, 0.05) is 18.6 Å². The third kappa shape index (κ3) is 2.82. The van der Waals surface area contributed by atoms with E-state index in [9.17, 15) is 17.6 Å². The van der Waals surface area contributed by atoms with E-state index in [4.69, 9.17) is 11.6 Å². The predicted molar refractivity (Wildman–Crippen MR) is 66.0 cm³/mol. The van der Waals surface area contributed by atoms with Crippen molar-refractivity contribution in [3.05, 3.63) is 46.4 Å². The van der Waals surface area contributed by atoms with Crippen LogP contribution in [0, 0.1) is 23.3 Å². The highest BCUT2D eigenvalue weighted by atomic mass is 35.5. The maximum atomic E-state index is 13.5. The molecule has 8 heteroatoms. The first-order valence-corrected chi connectivity index (χ1v) is 5.93. The molecule has 0 aliphatic carbocycles. The van der Waals surface area contributed by atoms with Crippen molar-refractivity contribution in [2.75, 3.05) is 5.32 Å². The van der Waals surface area contributed by atoms with Gasteiger partial charge in [-0.05, 0) is 0 Å². The van der Waals surface area contributed by atoms with Gasteiger partial charge in [-0.3, -0.25) is 0 Å². The molecule has 106 valence electrons. The summed E-state index contributed by atoms with van der Waals surface area (Å²) >= 11 is 5.71. The van der Waals surface area contributed by atoms with E-state index in [-0.39, 0.29) is 17.0 Å². The van der Waals surface area contributed by atoms with Gasteiger partial charge in [-0.25, -0.2) is 27.5 Å². The van der Waals surface area contributed by atoms with Crippen LogP contribution in [0.5, 0.6) is 0 Å². The zero-order valence-electron chi connectivity index (χ0n) is 10.1. The largest absolute Gasteiger partial charge is 0.335 e. The second-order valence-corrected chi connectivity index (χ2v) is 4.20. The molecular formula is C12H8ClF4N3. The number of anilines is 2. The van der Waals surface area contributed by atoms with Gasteiger partial charge in [0.25, 0.3) is 0 Å². The van der Waals surface area contributed by atoms with Crippen LogP contribution in [0.4, 0.5) is 29.1 Å². The number of nitrogens with zero attached hydrogens (tertiary/aromatic N) is 2. The van der Waals surface area contributed by atoms with Gasteiger partial charge < -0.3 is 5.32 Å².